The molecule has 2 heteroatoms. The molecule has 0 aliphatic heterocycles. The maximum absolute atomic E-state index is 4.23. The Morgan fingerprint density at radius 2 is 1.27 bits per heavy atom. The van der Waals surface area contributed by atoms with E-state index in [-0.39, 0.29) is 0 Å². The largest absolute Gasteiger partial charge is 0.222 e. The SMILES string of the molecule is C(=NC1CCC1)=NC1CCC1. The lowest BCUT2D eigenvalue weighted by Crippen LogP contribution is -2.15. The zero-order valence-electron chi connectivity index (χ0n) is 6.79. The molecule has 2 saturated carbocycles. The normalized spacial score (nSPS) is 24.7. The van der Waals surface area contributed by atoms with E-state index in [2.05, 4.69) is 16.0 Å². The topological polar surface area (TPSA) is 24.7 Å². The Hall–Kier alpha value is -0.620. The van der Waals surface area contributed by atoms with E-state index in [9.17, 15) is 0 Å². The van der Waals surface area contributed by atoms with Crippen molar-refractivity contribution in [2.75, 3.05) is 0 Å². The molecule has 0 aromatic carbocycles. The van der Waals surface area contributed by atoms with Crippen molar-refractivity contribution in [3.63, 3.8) is 0 Å². The maximum atomic E-state index is 4.23. The van der Waals surface area contributed by atoms with E-state index in [1.165, 1.54) is 38.5 Å². The fourth-order valence-electron chi connectivity index (χ4n) is 1.23. The zero-order valence-corrected chi connectivity index (χ0v) is 6.79. The molecule has 0 atom stereocenters. The molecule has 0 radical (unpaired) electrons. The minimum atomic E-state index is 0.568. The second kappa shape index (κ2) is 3.19. The van der Waals surface area contributed by atoms with Gasteiger partial charge in [0, 0.05) is 0 Å². The Bertz CT molecular complexity index is 166. The third-order valence-electron chi connectivity index (χ3n) is 2.63. The molecule has 0 aromatic heterocycles. The minimum Gasteiger partial charge on any atom is -0.222 e. The summed E-state index contributed by atoms with van der Waals surface area (Å²) in [5, 5.41) is 0. The summed E-state index contributed by atoms with van der Waals surface area (Å²) in [6.45, 7) is 0. The molecule has 0 heterocycles. The number of aliphatic imine (C=N–C) groups is 2. The van der Waals surface area contributed by atoms with Gasteiger partial charge in [-0.05, 0) is 38.5 Å². The molecule has 0 spiro atoms. The summed E-state index contributed by atoms with van der Waals surface area (Å²) in [6, 6.07) is 3.98. The summed E-state index contributed by atoms with van der Waals surface area (Å²) in [7, 11) is 0. The van der Waals surface area contributed by atoms with E-state index in [1.54, 1.807) is 0 Å². The average molecular weight is 150 g/mol. The van der Waals surface area contributed by atoms with Gasteiger partial charge >= 0.3 is 0 Å². The molecule has 2 nitrogen and oxygen atoms in total. The fourth-order valence-corrected chi connectivity index (χ4v) is 1.23. The first kappa shape index (κ1) is 7.05. The van der Waals surface area contributed by atoms with E-state index < -0.39 is 0 Å². The molecule has 60 valence electrons. The van der Waals surface area contributed by atoms with Crippen molar-refractivity contribution in [1.29, 1.82) is 0 Å². The van der Waals surface area contributed by atoms with Gasteiger partial charge in [0.05, 0.1) is 18.1 Å². The highest BCUT2D eigenvalue weighted by Crippen LogP contribution is 2.22. The summed E-state index contributed by atoms with van der Waals surface area (Å²) < 4.78 is 0. The third kappa shape index (κ3) is 1.69. The van der Waals surface area contributed by atoms with Crippen LogP contribution in [0.5, 0.6) is 0 Å². The molecule has 0 aromatic rings. The average Bonchev–Trinajstić information content (AvgIpc) is 1.79. The Morgan fingerprint density at radius 3 is 1.55 bits per heavy atom. The van der Waals surface area contributed by atoms with Crippen LogP contribution in [0.3, 0.4) is 0 Å². The van der Waals surface area contributed by atoms with Crippen molar-refractivity contribution >= 4 is 6.01 Å². The van der Waals surface area contributed by atoms with Gasteiger partial charge in [0.1, 0.15) is 0 Å². The lowest BCUT2D eigenvalue weighted by Gasteiger charge is -2.20. The maximum Gasteiger partial charge on any atom is 0.0898 e. The van der Waals surface area contributed by atoms with Crippen molar-refractivity contribution < 1.29 is 0 Å². The molecule has 2 aliphatic rings. The molecule has 2 rings (SSSR count). The van der Waals surface area contributed by atoms with Crippen LogP contribution in [0.25, 0.3) is 0 Å². The van der Waals surface area contributed by atoms with E-state index in [1.807, 2.05) is 0 Å². The number of rotatable bonds is 2. The molecule has 0 bridgehead atoms. The van der Waals surface area contributed by atoms with Crippen molar-refractivity contribution in [1.82, 2.24) is 0 Å². The fraction of sp³-hybridized carbons (Fsp3) is 0.889. The second-order valence-electron chi connectivity index (χ2n) is 3.53. The smallest absolute Gasteiger partial charge is 0.0898 e. The lowest BCUT2D eigenvalue weighted by molar-refractivity contribution is 0.413. The van der Waals surface area contributed by atoms with Crippen molar-refractivity contribution in [3.8, 4) is 0 Å². The Morgan fingerprint density at radius 1 is 0.818 bits per heavy atom. The zero-order chi connectivity index (χ0) is 7.52. The van der Waals surface area contributed by atoms with Gasteiger partial charge in [-0.15, -0.1) is 0 Å². The highest BCUT2D eigenvalue weighted by molar-refractivity contribution is 5.42. The summed E-state index contributed by atoms with van der Waals surface area (Å²) in [5.41, 5.74) is 0. The van der Waals surface area contributed by atoms with E-state index in [0.717, 1.165) is 0 Å². The summed E-state index contributed by atoms with van der Waals surface area (Å²) in [6.07, 6.45) is 7.72. The number of nitrogens with zero attached hydrogens (tertiary/aromatic N) is 2. The summed E-state index contributed by atoms with van der Waals surface area (Å²) >= 11 is 0. The van der Waals surface area contributed by atoms with Crippen LogP contribution in [0.4, 0.5) is 0 Å². The van der Waals surface area contributed by atoms with Crippen LogP contribution in [-0.4, -0.2) is 18.1 Å². The number of hydrogen-bond acceptors (Lipinski definition) is 2. The van der Waals surface area contributed by atoms with E-state index >= 15 is 0 Å². The van der Waals surface area contributed by atoms with Crippen LogP contribution in [0.15, 0.2) is 9.98 Å². The molecule has 2 aliphatic carbocycles. The van der Waals surface area contributed by atoms with Crippen LogP contribution >= 0.6 is 0 Å². The first-order chi connectivity index (χ1) is 5.45. The molecular weight excluding hydrogens is 136 g/mol. The van der Waals surface area contributed by atoms with Gasteiger partial charge in [-0.25, -0.2) is 9.98 Å². The molecule has 11 heavy (non-hydrogen) atoms. The Labute approximate surface area is 67.4 Å². The summed E-state index contributed by atoms with van der Waals surface area (Å²) in [4.78, 5) is 8.47. The van der Waals surface area contributed by atoms with Gasteiger partial charge in [-0.2, -0.15) is 0 Å². The van der Waals surface area contributed by atoms with Gasteiger partial charge in [-0.1, -0.05) is 0 Å². The van der Waals surface area contributed by atoms with Crippen molar-refractivity contribution in [2.24, 2.45) is 9.98 Å². The van der Waals surface area contributed by atoms with Crippen LogP contribution in [0, 0.1) is 0 Å². The molecule has 0 amide bonds. The molecule has 0 saturated heterocycles. The van der Waals surface area contributed by atoms with Gasteiger partial charge in [0.2, 0.25) is 0 Å². The van der Waals surface area contributed by atoms with Crippen molar-refractivity contribution in [3.05, 3.63) is 0 Å². The minimum absolute atomic E-state index is 0.568. The van der Waals surface area contributed by atoms with Gasteiger partial charge in [0.15, 0.2) is 0 Å². The van der Waals surface area contributed by atoms with Crippen LogP contribution in [-0.2, 0) is 0 Å². The van der Waals surface area contributed by atoms with Gasteiger partial charge in [0.25, 0.3) is 0 Å². The molecule has 0 N–H and O–H groups in total. The second-order valence-corrected chi connectivity index (χ2v) is 3.53. The van der Waals surface area contributed by atoms with Crippen LogP contribution < -0.4 is 0 Å². The highest BCUT2D eigenvalue weighted by atomic mass is 14.9. The lowest BCUT2D eigenvalue weighted by atomic mass is 9.94. The van der Waals surface area contributed by atoms with Crippen LogP contribution in [0.2, 0.25) is 0 Å². The van der Waals surface area contributed by atoms with E-state index in [4.69, 9.17) is 0 Å². The Kier molecular flexibility index (Phi) is 2.04. The monoisotopic (exact) mass is 150 g/mol. The molecule has 2 fully saturated rings. The van der Waals surface area contributed by atoms with Crippen LogP contribution in [0.1, 0.15) is 38.5 Å². The van der Waals surface area contributed by atoms with Crippen molar-refractivity contribution in [2.45, 2.75) is 50.6 Å². The Balaban J connectivity index is 1.76. The molecular formula is C9H14N2. The van der Waals surface area contributed by atoms with E-state index in [0.29, 0.717) is 12.1 Å². The predicted molar refractivity (Wildman–Crippen MR) is 45.1 cm³/mol. The predicted octanol–water partition coefficient (Wildman–Crippen LogP) is 2.27. The standard InChI is InChI=1S/C9H14N2/c1-3-8(4-1)10-7-11-9-5-2-6-9/h8-9H,1-6H2. The summed E-state index contributed by atoms with van der Waals surface area (Å²) in [5.74, 6) is 0. The quantitative estimate of drug-likeness (QED) is 0.539. The number of hydrogen-bond donors (Lipinski definition) is 0. The first-order valence-electron chi connectivity index (χ1n) is 4.60. The van der Waals surface area contributed by atoms with Gasteiger partial charge in [-0.3, -0.25) is 0 Å². The van der Waals surface area contributed by atoms with Gasteiger partial charge < -0.3 is 0 Å². The molecule has 0 unspecified atom stereocenters. The first-order valence-corrected chi connectivity index (χ1v) is 4.60. The highest BCUT2D eigenvalue weighted by Gasteiger charge is 2.16. The third-order valence-corrected chi connectivity index (χ3v) is 2.63.